The Kier molecular flexibility index (Phi) is 78.1. The first-order valence-corrected chi connectivity index (χ1v) is 44.9. The van der Waals surface area contributed by atoms with Crippen LogP contribution in [0.1, 0.15) is 259 Å². The Morgan fingerprint density at radius 1 is 0.254 bits per heavy atom. The molecule has 19 heteroatoms. The standard InChI is InChI=1S/C95H144O17P2/c1-5-9-13-17-21-25-29-33-37-41-44-48-52-56-60-64-68-72-76-80-93(98)106-86-91(112-95(100)82-78-74-70-66-62-58-54-50-46-43-39-35-31-27-23-19-15-11-7-3)88-110-114(103,104)108-84-89(96)83-107-113(101,102)109-87-90(85-105-92(97)79-75-71-67-63-59-55-51-47-40-36-32-28-24-20-16-12-8-4)111-94(99)81-77-73-69-65-61-57-53-49-45-42-38-34-30-26-22-18-14-10-6-2/h9-10,13-14,21-28,33-40,44-46,48-51,55-58,60-63,67-70,72-74,89-91,96H,5-8,11-12,15-20,29-32,41-43,47,52-54,59,64-66,71,75-88H2,1-4H3,(H,101,102)(H,103,104)/b13-9-,14-10-,25-21-,26-22-,27-23-,28-24-,37-33-,38-34-,39-35-,40-36-,48-44-,49-45-,50-46-,55-51-,60-56-,61-57-,62-58-,67-63-,72-68-,73-69-,74-70-/t89-,90+,91+/m0/s1. The number of phosphoric acid groups is 2. The second-order valence-corrected chi connectivity index (χ2v) is 29.5. The van der Waals surface area contributed by atoms with E-state index in [-0.39, 0.29) is 25.7 Å². The van der Waals surface area contributed by atoms with Crippen LogP contribution in [-0.2, 0) is 65.4 Å². The molecule has 0 amide bonds. The van der Waals surface area contributed by atoms with Crippen LogP contribution in [0.25, 0.3) is 0 Å². The van der Waals surface area contributed by atoms with Crippen molar-refractivity contribution in [2.45, 2.75) is 277 Å². The van der Waals surface area contributed by atoms with Crippen LogP contribution in [0.5, 0.6) is 0 Å². The molecule has 0 aliphatic heterocycles. The zero-order valence-corrected chi connectivity index (χ0v) is 71.4. The number of carbonyl (C=O) groups excluding carboxylic acids is 4. The van der Waals surface area contributed by atoms with Gasteiger partial charge in [-0.05, 0) is 180 Å². The summed E-state index contributed by atoms with van der Waals surface area (Å²) in [6, 6.07) is 0. The van der Waals surface area contributed by atoms with E-state index in [1.54, 1.807) is 0 Å². The Labute approximate surface area is 688 Å². The molecule has 0 radical (unpaired) electrons. The normalized spacial score (nSPS) is 15.0. The van der Waals surface area contributed by atoms with E-state index in [0.29, 0.717) is 51.4 Å². The highest BCUT2D eigenvalue weighted by Crippen LogP contribution is 2.45. The highest BCUT2D eigenvalue weighted by molar-refractivity contribution is 7.47. The lowest BCUT2D eigenvalue weighted by molar-refractivity contribution is -0.161. The van der Waals surface area contributed by atoms with Crippen LogP contribution in [0.3, 0.4) is 0 Å². The summed E-state index contributed by atoms with van der Waals surface area (Å²) in [5.74, 6) is -2.57. The van der Waals surface area contributed by atoms with Crippen molar-refractivity contribution in [3.05, 3.63) is 255 Å². The number of carbonyl (C=O) groups is 4. The Balaban J connectivity index is 5.68. The lowest BCUT2D eigenvalue weighted by Crippen LogP contribution is -2.30. The fraction of sp³-hybridized carbons (Fsp3) is 0.516. The molecule has 0 aromatic rings. The summed E-state index contributed by atoms with van der Waals surface area (Å²) >= 11 is 0. The van der Waals surface area contributed by atoms with Gasteiger partial charge in [0.2, 0.25) is 0 Å². The third kappa shape index (κ3) is 82.6. The number of rotatable bonds is 75. The molecule has 0 bridgehead atoms. The minimum atomic E-state index is -5.04. The van der Waals surface area contributed by atoms with E-state index in [9.17, 15) is 43.2 Å². The summed E-state index contributed by atoms with van der Waals surface area (Å²) in [6.07, 6.45) is 112. The highest BCUT2D eigenvalue weighted by Gasteiger charge is 2.30. The minimum absolute atomic E-state index is 0.00570. The van der Waals surface area contributed by atoms with Crippen LogP contribution >= 0.6 is 15.6 Å². The van der Waals surface area contributed by atoms with Gasteiger partial charge in [-0.25, -0.2) is 9.13 Å². The molecule has 0 aliphatic rings. The Hall–Kier alpha value is -7.40. The van der Waals surface area contributed by atoms with Crippen LogP contribution in [0.4, 0.5) is 0 Å². The Morgan fingerprint density at radius 2 is 0.465 bits per heavy atom. The average Bonchev–Trinajstić information content (AvgIpc) is 0.899. The van der Waals surface area contributed by atoms with Gasteiger partial charge in [-0.2, -0.15) is 0 Å². The van der Waals surface area contributed by atoms with Gasteiger partial charge in [-0.3, -0.25) is 37.3 Å². The summed E-state index contributed by atoms with van der Waals surface area (Å²) < 4.78 is 68.4. The first kappa shape index (κ1) is 107. The van der Waals surface area contributed by atoms with E-state index in [4.69, 9.17) is 37.0 Å². The van der Waals surface area contributed by atoms with Gasteiger partial charge in [0.25, 0.3) is 0 Å². The maximum atomic E-state index is 13.1. The number of hydrogen-bond acceptors (Lipinski definition) is 15. The number of hydrogen-bond donors (Lipinski definition) is 3. The molecule has 0 heterocycles. The van der Waals surface area contributed by atoms with Crippen molar-refractivity contribution in [3.63, 3.8) is 0 Å². The molecule has 0 rings (SSSR count). The Bertz CT molecular complexity index is 3170. The Morgan fingerprint density at radius 3 is 0.719 bits per heavy atom. The molecule has 17 nitrogen and oxygen atoms in total. The number of unbranched alkanes of at least 4 members (excludes halogenated alkanes) is 7. The van der Waals surface area contributed by atoms with Gasteiger partial charge >= 0.3 is 39.5 Å². The molecule has 114 heavy (non-hydrogen) atoms. The fourth-order valence-corrected chi connectivity index (χ4v) is 11.3. The van der Waals surface area contributed by atoms with Crippen LogP contribution in [0.2, 0.25) is 0 Å². The summed E-state index contributed by atoms with van der Waals surface area (Å²) in [6.45, 7) is 4.22. The fourth-order valence-electron chi connectivity index (χ4n) is 9.72. The van der Waals surface area contributed by atoms with Gasteiger partial charge in [-0.1, -0.05) is 309 Å². The third-order valence-electron chi connectivity index (χ3n) is 16.0. The summed E-state index contributed by atoms with van der Waals surface area (Å²) in [5.41, 5.74) is 0. The first-order valence-electron chi connectivity index (χ1n) is 41.9. The highest BCUT2D eigenvalue weighted by atomic mass is 31.2. The smallest absolute Gasteiger partial charge is 0.462 e. The summed E-state index contributed by atoms with van der Waals surface area (Å²) in [7, 11) is -10.1. The molecule has 0 aliphatic carbocycles. The average molecular weight is 1620 g/mol. The van der Waals surface area contributed by atoms with E-state index in [1.165, 1.54) is 38.5 Å². The van der Waals surface area contributed by atoms with Crippen LogP contribution < -0.4 is 0 Å². The SMILES string of the molecule is CC/C=C\C/C=C\C/C=C\C/C=C\C/C=C\C/C=C\CCC(=O)OC[C@H](COP(=O)(O)OC[C@@H](O)COP(=O)(O)OC[C@@H](COC(=O)CCC/C=C\C/C=C\C/C=C\C/C=C\CCCCC)OC(=O)CC/C=C\C/C=C\C/C=C\C/C=C\C/C=C\C/C=C\CC)OC(=O)CC/C=C\C/C=C\C/C=C\C/C=C\C/C=C\CCCCC. The van der Waals surface area contributed by atoms with E-state index in [2.05, 4.69) is 216 Å². The number of aliphatic hydroxyl groups is 1. The number of ether oxygens (including phenoxy) is 4. The van der Waals surface area contributed by atoms with Crippen molar-refractivity contribution in [1.82, 2.24) is 0 Å². The molecule has 5 atom stereocenters. The van der Waals surface area contributed by atoms with Gasteiger partial charge in [0.15, 0.2) is 12.2 Å². The van der Waals surface area contributed by atoms with Gasteiger partial charge in [0, 0.05) is 25.7 Å². The summed E-state index contributed by atoms with van der Waals surface area (Å²) in [5, 5.41) is 10.7. The largest absolute Gasteiger partial charge is 0.472 e. The number of aliphatic hydroxyl groups excluding tert-OH is 1. The molecule has 2 unspecified atom stereocenters. The molecule has 0 fully saturated rings. The zero-order valence-electron chi connectivity index (χ0n) is 69.6. The molecule has 636 valence electrons. The van der Waals surface area contributed by atoms with Crippen LogP contribution in [0.15, 0.2) is 255 Å². The van der Waals surface area contributed by atoms with Gasteiger partial charge in [-0.15, -0.1) is 0 Å². The van der Waals surface area contributed by atoms with Crippen molar-refractivity contribution in [2.75, 3.05) is 39.6 Å². The maximum absolute atomic E-state index is 13.1. The lowest BCUT2D eigenvalue weighted by Gasteiger charge is -2.21. The number of phosphoric ester groups is 2. The molecule has 3 N–H and O–H groups in total. The molecule has 0 saturated heterocycles. The quantitative estimate of drug-likeness (QED) is 0.0169. The first-order chi connectivity index (χ1) is 55.7. The van der Waals surface area contributed by atoms with Crippen molar-refractivity contribution in [1.29, 1.82) is 0 Å². The minimum Gasteiger partial charge on any atom is -0.462 e. The molecule has 0 aromatic heterocycles. The molecule has 0 spiro atoms. The van der Waals surface area contributed by atoms with E-state index >= 15 is 0 Å². The van der Waals surface area contributed by atoms with Crippen LogP contribution in [-0.4, -0.2) is 96.7 Å². The van der Waals surface area contributed by atoms with Crippen molar-refractivity contribution >= 4 is 39.5 Å². The topological polar surface area (TPSA) is 237 Å². The molecule has 0 saturated carbocycles. The van der Waals surface area contributed by atoms with E-state index in [1.807, 2.05) is 66.8 Å². The third-order valence-corrected chi connectivity index (χ3v) is 17.9. The number of esters is 4. The second-order valence-electron chi connectivity index (χ2n) is 26.6. The summed E-state index contributed by atoms with van der Waals surface area (Å²) in [4.78, 5) is 73.1. The maximum Gasteiger partial charge on any atom is 0.472 e. The lowest BCUT2D eigenvalue weighted by atomic mass is 10.2. The van der Waals surface area contributed by atoms with Crippen LogP contribution in [0, 0.1) is 0 Å². The molecule has 0 aromatic carbocycles. The predicted molar refractivity (Wildman–Crippen MR) is 472 cm³/mol. The molecular weight excluding hydrogens is 1470 g/mol. The van der Waals surface area contributed by atoms with Gasteiger partial charge in [0.1, 0.15) is 19.3 Å². The monoisotopic (exact) mass is 1620 g/mol. The van der Waals surface area contributed by atoms with Gasteiger partial charge < -0.3 is 33.8 Å². The zero-order chi connectivity index (χ0) is 83.1. The number of allylic oxidation sites excluding steroid dienone is 42. The predicted octanol–water partition coefficient (Wildman–Crippen LogP) is 25.3. The van der Waals surface area contributed by atoms with Crippen molar-refractivity contribution in [2.24, 2.45) is 0 Å². The van der Waals surface area contributed by atoms with Gasteiger partial charge in [0.05, 0.1) is 26.4 Å². The van der Waals surface area contributed by atoms with Crippen molar-refractivity contribution < 1.29 is 80.2 Å². The molecular formula is C95H144O17P2. The van der Waals surface area contributed by atoms with Crippen molar-refractivity contribution in [3.8, 4) is 0 Å². The van der Waals surface area contributed by atoms with E-state index in [0.717, 1.165) is 116 Å². The second kappa shape index (κ2) is 83.5. The van der Waals surface area contributed by atoms with E-state index < -0.39 is 97.5 Å².